The summed E-state index contributed by atoms with van der Waals surface area (Å²) in [7, 11) is 0. The van der Waals surface area contributed by atoms with Crippen LogP contribution in [0.2, 0.25) is 0 Å². The van der Waals surface area contributed by atoms with Gasteiger partial charge < -0.3 is 15.4 Å². The monoisotopic (exact) mass is 280 g/mol. The predicted octanol–water partition coefficient (Wildman–Crippen LogP) is 0.797. The molecular weight excluding hydrogens is 260 g/mol. The van der Waals surface area contributed by atoms with E-state index in [2.05, 4.69) is 10.6 Å². The molecule has 1 amide bonds. The quantitative estimate of drug-likeness (QED) is 0.803. The first-order valence-electron chi connectivity index (χ1n) is 6.01. The van der Waals surface area contributed by atoms with Gasteiger partial charge in [-0.15, -0.1) is 12.4 Å². The largest absolute Gasteiger partial charge is 0.375 e. The number of carbonyl (C=O) groups excluding carboxylic acids is 1. The second-order valence-corrected chi connectivity index (χ2v) is 5.80. The molecule has 0 aliphatic carbocycles. The van der Waals surface area contributed by atoms with E-state index in [9.17, 15) is 4.79 Å². The van der Waals surface area contributed by atoms with Crippen LogP contribution < -0.4 is 10.6 Å². The number of amides is 1. The first-order valence-corrected chi connectivity index (χ1v) is 7.06. The van der Waals surface area contributed by atoms with E-state index in [1.165, 1.54) is 18.6 Å². The van der Waals surface area contributed by atoms with Crippen LogP contribution >= 0.6 is 24.2 Å². The predicted molar refractivity (Wildman–Crippen MR) is 72.9 cm³/mol. The van der Waals surface area contributed by atoms with Gasteiger partial charge in [-0.05, 0) is 25.5 Å². The van der Waals surface area contributed by atoms with Crippen LogP contribution in [-0.2, 0) is 9.53 Å². The molecule has 0 spiro atoms. The molecule has 100 valence electrons. The number of hydrogen-bond donors (Lipinski definition) is 2. The summed E-state index contributed by atoms with van der Waals surface area (Å²) < 4.78 is 5.45. The Morgan fingerprint density at radius 1 is 1.59 bits per heavy atom. The molecule has 0 aromatic carbocycles. The Kier molecular flexibility index (Phi) is 6.62. The zero-order chi connectivity index (χ0) is 11.4. The first-order chi connectivity index (χ1) is 7.77. The summed E-state index contributed by atoms with van der Waals surface area (Å²) >= 11 is 1.97. The highest BCUT2D eigenvalue weighted by Gasteiger charge is 2.28. The average Bonchev–Trinajstić information content (AvgIpc) is 2.79. The van der Waals surface area contributed by atoms with Gasteiger partial charge >= 0.3 is 0 Å². The van der Waals surface area contributed by atoms with E-state index in [0.717, 1.165) is 13.1 Å². The lowest BCUT2D eigenvalue weighted by Gasteiger charge is -2.29. The van der Waals surface area contributed by atoms with Crippen molar-refractivity contribution >= 4 is 30.1 Å². The van der Waals surface area contributed by atoms with Crippen molar-refractivity contribution in [1.82, 2.24) is 10.6 Å². The molecule has 2 rings (SSSR count). The third kappa shape index (κ3) is 4.32. The van der Waals surface area contributed by atoms with Gasteiger partial charge in [0, 0.05) is 18.3 Å². The molecule has 0 bridgehead atoms. The van der Waals surface area contributed by atoms with Gasteiger partial charge in [-0.2, -0.15) is 11.8 Å². The summed E-state index contributed by atoms with van der Waals surface area (Å²) in [6.45, 7) is 4.21. The SMILES string of the molecule is C[C@H]1OCCN[C@@H]1C(=O)NCC1CCCS1.Cl. The molecule has 0 aromatic rings. The summed E-state index contributed by atoms with van der Waals surface area (Å²) in [5, 5.41) is 6.84. The molecule has 2 saturated heterocycles. The molecule has 2 N–H and O–H groups in total. The molecule has 1 unspecified atom stereocenters. The summed E-state index contributed by atoms with van der Waals surface area (Å²) in [4.78, 5) is 11.9. The van der Waals surface area contributed by atoms with Gasteiger partial charge in [-0.3, -0.25) is 4.79 Å². The molecule has 2 heterocycles. The molecule has 2 aliphatic heterocycles. The third-order valence-electron chi connectivity index (χ3n) is 3.13. The summed E-state index contributed by atoms with van der Waals surface area (Å²) in [5.41, 5.74) is 0. The van der Waals surface area contributed by atoms with Gasteiger partial charge in [0.25, 0.3) is 0 Å². The van der Waals surface area contributed by atoms with Crippen LogP contribution in [-0.4, -0.2) is 48.8 Å². The van der Waals surface area contributed by atoms with E-state index in [-0.39, 0.29) is 30.5 Å². The molecule has 2 aliphatic rings. The Bertz CT molecular complexity index is 250. The second kappa shape index (κ2) is 7.46. The standard InChI is InChI=1S/C11H20N2O2S.ClH/c1-8-10(12-4-5-15-8)11(14)13-7-9-3-2-6-16-9;/h8-10,12H,2-7H2,1H3,(H,13,14);1H/t8-,9?,10+;/m1./s1. The van der Waals surface area contributed by atoms with Crippen molar-refractivity contribution in [1.29, 1.82) is 0 Å². The van der Waals surface area contributed by atoms with Gasteiger partial charge in [0.2, 0.25) is 5.91 Å². The number of morpholine rings is 1. The normalized spacial score (nSPS) is 32.9. The highest BCUT2D eigenvalue weighted by molar-refractivity contribution is 8.00. The van der Waals surface area contributed by atoms with E-state index in [1.54, 1.807) is 0 Å². The first kappa shape index (κ1) is 15.1. The molecule has 3 atom stereocenters. The Morgan fingerprint density at radius 3 is 3.06 bits per heavy atom. The Morgan fingerprint density at radius 2 is 2.41 bits per heavy atom. The smallest absolute Gasteiger partial charge is 0.239 e. The fourth-order valence-electron chi connectivity index (χ4n) is 2.16. The lowest BCUT2D eigenvalue weighted by Crippen LogP contribution is -2.56. The van der Waals surface area contributed by atoms with E-state index >= 15 is 0 Å². The fraction of sp³-hybridized carbons (Fsp3) is 0.909. The number of halogens is 1. The highest BCUT2D eigenvalue weighted by Crippen LogP contribution is 2.25. The summed E-state index contributed by atoms with van der Waals surface area (Å²) in [6, 6.07) is -0.180. The van der Waals surface area contributed by atoms with Crippen molar-refractivity contribution in [3.8, 4) is 0 Å². The molecule has 0 radical (unpaired) electrons. The number of hydrogen-bond acceptors (Lipinski definition) is 4. The molecular formula is C11H21ClN2O2S. The minimum atomic E-state index is -0.180. The number of thioether (sulfide) groups is 1. The van der Waals surface area contributed by atoms with Gasteiger partial charge in [0.15, 0.2) is 0 Å². The average molecular weight is 281 g/mol. The lowest BCUT2D eigenvalue weighted by atomic mass is 10.1. The maximum atomic E-state index is 11.9. The Labute approximate surface area is 113 Å². The van der Waals surface area contributed by atoms with Crippen LogP contribution in [0.3, 0.4) is 0 Å². The minimum absolute atomic E-state index is 0. The fourth-order valence-corrected chi connectivity index (χ4v) is 3.36. The number of nitrogens with one attached hydrogen (secondary N) is 2. The van der Waals surface area contributed by atoms with Crippen molar-refractivity contribution in [2.24, 2.45) is 0 Å². The number of carbonyl (C=O) groups is 1. The van der Waals surface area contributed by atoms with E-state index in [4.69, 9.17) is 4.74 Å². The van der Waals surface area contributed by atoms with Gasteiger partial charge in [0.1, 0.15) is 6.04 Å². The molecule has 2 fully saturated rings. The van der Waals surface area contributed by atoms with Crippen molar-refractivity contribution in [2.45, 2.75) is 37.2 Å². The van der Waals surface area contributed by atoms with E-state index < -0.39 is 0 Å². The van der Waals surface area contributed by atoms with E-state index in [1.807, 2.05) is 18.7 Å². The van der Waals surface area contributed by atoms with Crippen molar-refractivity contribution in [3.05, 3.63) is 0 Å². The second-order valence-electron chi connectivity index (χ2n) is 4.39. The zero-order valence-corrected chi connectivity index (χ0v) is 11.7. The van der Waals surface area contributed by atoms with Crippen LogP contribution in [0, 0.1) is 0 Å². The van der Waals surface area contributed by atoms with Crippen LogP contribution in [0.4, 0.5) is 0 Å². The van der Waals surface area contributed by atoms with Gasteiger partial charge in [0.05, 0.1) is 12.7 Å². The highest BCUT2D eigenvalue weighted by atomic mass is 35.5. The topological polar surface area (TPSA) is 50.4 Å². The van der Waals surface area contributed by atoms with Crippen molar-refractivity contribution in [2.75, 3.05) is 25.4 Å². The van der Waals surface area contributed by atoms with Crippen molar-refractivity contribution < 1.29 is 9.53 Å². The Balaban J connectivity index is 0.00000144. The van der Waals surface area contributed by atoms with E-state index in [0.29, 0.717) is 11.9 Å². The molecule has 0 saturated carbocycles. The zero-order valence-electron chi connectivity index (χ0n) is 10.1. The van der Waals surface area contributed by atoms with Crippen molar-refractivity contribution in [3.63, 3.8) is 0 Å². The molecule has 17 heavy (non-hydrogen) atoms. The molecule has 0 aromatic heterocycles. The Hall–Kier alpha value is 0.0300. The van der Waals surface area contributed by atoms with Crippen LogP contribution in [0.5, 0.6) is 0 Å². The van der Waals surface area contributed by atoms with Crippen LogP contribution in [0.1, 0.15) is 19.8 Å². The maximum Gasteiger partial charge on any atom is 0.239 e. The molecule has 4 nitrogen and oxygen atoms in total. The third-order valence-corrected chi connectivity index (χ3v) is 4.53. The summed E-state index contributed by atoms with van der Waals surface area (Å²) in [5.74, 6) is 1.32. The van der Waals surface area contributed by atoms with Crippen LogP contribution in [0.25, 0.3) is 0 Å². The molecule has 6 heteroatoms. The van der Waals surface area contributed by atoms with Gasteiger partial charge in [-0.1, -0.05) is 0 Å². The minimum Gasteiger partial charge on any atom is -0.375 e. The van der Waals surface area contributed by atoms with Crippen LogP contribution in [0.15, 0.2) is 0 Å². The van der Waals surface area contributed by atoms with Gasteiger partial charge in [-0.25, -0.2) is 0 Å². The maximum absolute atomic E-state index is 11.9. The summed E-state index contributed by atoms with van der Waals surface area (Å²) in [6.07, 6.45) is 2.49. The lowest BCUT2D eigenvalue weighted by molar-refractivity contribution is -0.128. The number of ether oxygens (including phenoxy) is 1. The number of rotatable bonds is 3.